The Hall–Kier alpha value is -1.85. The first-order chi connectivity index (χ1) is 13.0. The smallest absolute Gasteiger partial charge is 0.213 e. The summed E-state index contributed by atoms with van der Waals surface area (Å²) in [5.74, 6) is 1.28. The maximum atomic E-state index is 12.1. The minimum absolute atomic E-state index is 0. The third-order valence-electron chi connectivity index (χ3n) is 3.82. The minimum Gasteiger partial charge on any atom is -0.497 e. The van der Waals surface area contributed by atoms with Gasteiger partial charge in [-0.15, -0.1) is 24.0 Å². The molecule has 154 valence electrons. The van der Waals surface area contributed by atoms with Gasteiger partial charge in [-0.1, -0.05) is 42.5 Å². The van der Waals surface area contributed by atoms with Gasteiger partial charge in [-0.25, -0.2) is 13.1 Å². The lowest BCUT2D eigenvalue weighted by Crippen LogP contribution is -2.40. The molecule has 3 N–H and O–H groups in total. The Morgan fingerprint density at radius 3 is 2.39 bits per heavy atom. The quantitative estimate of drug-likeness (QED) is 0.269. The number of rotatable bonds is 9. The highest BCUT2D eigenvalue weighted by atomic mass is 127. The predicted octanol–water partition coefficient (Wildman–Crippen LogP) is 2.10. The lowest BCUT2D eigenvalue weighted by atomic mass is 10.2. The van der Waals surface area contributed by atoms with Crippen molar-refractivity contribution in [2.24, 2.45) is 4.99 Å². The summed E-state index contributed by atoms with van der Waals surface area (Å²) in [4.78, 5) is 4.11. The number of aliphatic imine (C=N–C) groups is 1. The molecule has 0 atom stereocenters. The summed E-state index contributed by atoms with van der Waals surface area (Å²) in [6.07, 6.45) is 0. The van der Waals surface area contributed by atoms with Crippen LogP contribution in [0.4, 0.5) is 0 Å². The molecule has 0 aliphatic heterocycles. The van der Waals surface area contributed by atoms with Crippen LogP contribution in [0.5, 0.6) is 5.75 Å². The van der Waals surface area contributed by atoms with Gasteiger partial charge in [0.05, 0.1) is 12.9 Å². The van der Waals surface area contributed by atoms with Crippen LogP contribution in [-0.4, -0.2) is 40.8 Å². The van der Waals surface area contributed by atoms with E-state index in [0.29, 0.717) is 12.5 Å². The summed E-state index contributed by atoms with van der Waals surface area (Å²) in [5, 5.41) is 6.16. The molecule has 0 saturated heterocycles. The third kappa shape index (κ3) is 8.89. The van der Waals surface area contributed by atoms with Crippen LogP contribution in [0.2, 0.25) is 0 Å². The largest absolute Gasteiger partial charge is 0.497 e. The second-order valence-electron chi connectivity index (χ2n) is 5.83. The van der Waals surface area contributed by atoms with Crippen molar-refractivity contribution in [2.45, 2.75) is 13.1 Å². The fraction of sp³-hybridized carbons (Fsp3) is 0.316. The van der Waals surface area contributed by atoms with E-state index in [0.717, 1.165) is 16.9 Å². The lowest BCUT2D eigenvalue weighted by Gasteiger charge is -2.13. The molecule has 2 rings (SSSR count). The predicted molar refractivity (Wildman–Crippen MR) is 124 cm³/mol. The minimum atomic E-state index is -3.37. The van der Waals surface area contributed by atoms with Crippen LogP contribution in [-0.2, 0) is 23.1 Å². The van der Waals surface area contributed by atoms with Crippen LogP contribution in [0.1, 0.15) is 11.1 Å². The summed E-state index contributed by atoms with van der Waals surface area (Å²) in [6, 6.07) is 17.1. The first-order valence-electron chi connectivity index (χ1n) is 8.61. The van der Waals surface area contributed by atoms with Gasteiger partial charge in [-0.2, -0.15) is 0 Å². The van der Waals surface area contributed by atoms with E-state index < -0.39 is 10.0 Å². The highest BCUT2D eigenvalue weighted by Gasteiger charge is 2.10. The lowest BCUT2D eigenvalue weighted by molar-refractivity contribution is 0.414. The molecule has 0 aliphatic rings. The fourth-order valence-electron chi connectivity index (χ4n) is 2.35. The van der Waals surface area contributed by atoms with E-state index in [-0.39, 0.29) is 42.8 Å². The Balaban J connectivity index is 0.00000392. The number of halogens is 1. The van der Waals surface area contributed by atoms with E-state index in [4.69, 9.17) is 4.74 Å². The van der Waals surface area contributed by atoms with Crippen molar-refractivity contribution < 1.29 is 13.2 Å². The molecule has 0 unspecified atom stereocenters. The first-order valence-corrected chi connectivity index (χ1v) is 10.3. The molecular formula is C19H27IN4O3S. The molecule has 0 heterocycles. The van der Waals surface area contributed by atoms with Crippen molar-refractivity contribution in [2.75, 3.05) is 26.5 Å². The van der Waals surface area contributed by atoms with Crippen LogP contribution in [0.3, 0.4) is 0 Å². The number of ether oxygens (including phenoxy) is 1. The number of benzene rings is 2. The van der Waals surface area contributed by atoms with Crippen molar-refractivity contribution in [1.82, 2.24) is 15.4 Å². The number of nitrogens with zero attached hydrogens (tertiary/aromatic N) is 1. The molecule has 0 amide bonds. The summed E-state index contributed by atoms with van der Waals surface area (Å²) in [6.45, 7) is 1.09. The van der Waals surface area contributed by atoms with Gasteiger partial charge < -0.3 is 15.4 Å². The topological polar surface area (TPSA) is 91.8 Å². The molecule has 0 aromatic heterocycles. The van der Waals surface area contributed by atoms with Crippen molar-refractivity contribution >= 4 is 40.0 Å². The maximum absolute atomic E-state index is 12.1. The Bertz CT molecular complexity index is 845. The number of sulfonamides is 1. The molecule has 2 aromatic rings. The molecule has 2 aromatic carbocycles. The monoisotopic (exact) mass is 518 g/mol. The molecule has 0 saturated carbocycles. The van der Waals surface area contributed by atoms with E-state index in [2.05, 4.69) is 20.3 Å². The van der Waals surface area contributed by atoms with Gasteiger partial charge in [0, 0.05) is 26.7 Å². The Kier molecular flexibility index (Phi) is 10.9. The highest BCUT2D eigenvalue weighted by molar-refractivity contribution is 14.0. The SMILES string of the molecule is CN=C(NCCS(=O)(=O)NCc1ccccc1)NCc1cccc(OC)c1.I. The Morgan fingerprint density at radius 2 is 1.71 bits per heavy atom. The summed E-state index contributed by atoms with van der Waals surface area (Å²) in [5.41, 5.74) is 1.96. The van der Waals surface area contributed by atoms with Crippen LogP contribution in [0, 0.1) is 0 Å². The van der Waals surface area contributed by atoms with E-state index in [1.165, 1.54) is 0 Å². The van der Waals surface area contributed by atoms with Crippen LogP contribution >= 0.6 is 24.0 Å². The number of methoxy groups -OCH3 is 1. The second-order valence-corrected chi connectivity index (χ2v) is 7.76. The number of hydrogen-bond acceptors (Lipinski definition) is 4. The average Bonchev–Trinajstić information content (AvgIpc) is 2.70. The zero-order valence-corrected chi connectivity index (χ0v) is 19.2. The summed E-state index contributed by atoms with van der Waals surface area (Å²) < 4.78 is 32.0. The number of hydrogen-bond donors (Lipinski definition) is 3. The van der Waals surface area contributed by atoms with E-state index >= 15 is 0 Å². The molecule has 0 bridgehead atoms. The Morgan fingerprint density at radius 1 is 1.00 bits per heavy atom. The van der Waals surface area contributed by atoms with E-state index in [1.54, 1.807) is 14.2 Å². The molecule has 28 heavy (non-hydrogen) atoms. The van der Waals surface area contributed by atoms with Crippen LogP contribution in [0.25, 0.3) is 0 Å². The normalized spacial score (nSPS) is 11.4. The van der Waals surface area contributed by atoms with Gasteiger partial charge in [-0.05, 0) is 23.3 Å². The first kappa shape index (κ1) is 24.2. The molecule has 0 fully saturated rings. The van der Waals surface area contributed by atoms with Gasteiger partial charge >= 0.3 is 0 Å². The zero-order valence-electron chi connectivity index (χ0n) is 16.0. The fourth-order valence-corrected chi connectivity index (χ4v) is 3.26. The number of guanidine groups is 1. The zero-order chi connectivity index (χ0) is 19.5. The van der Waals surface area contributed by atoms with Crippen LogP contribution in [0.15, 0.2) is 59.6 Å². The summed E-state index contributed by atoms with van der Waals surface area (Å²) in [7, 11) is -0.105. The van der Waals surface area contributed by atoms with Gasteiger partial charge in [0.15, 0.2) is 5.96 Å². The van der Waals surface area contributed by atoms with E-state index in [9.17, 15) is 8.42 Å². The molecule has 0 aliphatic carbocycles. The highest BCUT2D eigenvalue weighted by Crippen LogP contribution is 2.11. The van der Waals surface area contributed by atoms with Crippen LogP contribution < -0.4 is 20.1 Å². The molecular weight excluding hydrogens is 491 g/mol. The van der Waals surface area contributed by atoms with E-state index in [1.807, 2.05) is 54.6 Å². The van der Waals surface area contributed by atoms with Gasteiger partial charge in [0.1, 0.15) is 5.75 Å². The Labute approximate surface area is 184 Å². The second kappa shape index (κ2) is 12.6. The maximum Gasteiger partial charge on any atom is 0.213 e. The molecule has 0 radical (unpaired) electrons. The standard InChI is InChI=1S/C19H26N4O3S.HI/c1-20-19(22-14-17-9-6-10-18(13-17)26-2)21-11-12-27(24,25)23-15-16-7-4-3-5-8-16;/h3-10,13,23H,11-12,14-15H2,1-2H3,(H2,20,21,22);1H. The molecule has 0 spiro atoms. The summed E-state index contributed by atoms with van der Waals surface area (Å²) >= 11 is 0. The van der Waals surface area contributed by atoms with Crippen molar-refractivity contribution in [3.63, 3.8) is 0 Å². The number of nitrogens with one attached hydrogen (secondary N) is 3. The van der Waals surface area contributed by atoms with Gasteiger partial charge in [0.2, 0.25) is 10.0 Å². The van der Waals surface area contributed by atoms with Crippen molar-refractivity contribution in [3.8, 4) is 5.75 Å². The third-order valence-corrected chi connectivity index (χ3v) is 5.15. The molecule has 9 heteroatoms. The average molecular weight is 518 g/mol. The molecule has 7 nitrogen and oxygen atoms in total. The van der Waals surface area contributed by atoms with Crippen molar-refractivity contribution in [3.05, 3.63) is 65.7 Å². The van der Waals surface area contributed by atoms with Gasteiger partial charge in [-0.3, -0.25) is 4.99 Å². The van der Waals surface area contributed by atoms with Crippen molar-refractivity contribution in [1.29, 1.82) is 0 Å². The van der Waals surface area contributed by atoms with Gasteiger partial charge in [0.25, 0.3) is 0 Å².